The molecule has 2 heterocycles. The van der Waals surface area contributed by atoms with Crippen molar-refractivity contribution in [3.8, 4) is 0 Å². The maximum Gasteiger partial charge on any atom is 0.138 e. The average Bonchev–Trinajstić information content (AvgIpc) is 2.57. The summed E-state index contributed by atoms with van der Waals surface area (Å²) >= 11 is 3.52. The van der Waals surface area contributed by atoms with E-state index in [-0.39, 0.29) is 0 Å². The molecule has 0 spiro atoms. The van der Waals surface area contributed by atoms with Gasteiger partial charge in [0.2, 0.25) is 0 Å². The third-order valence-electron chi connectivity index (χ3n) is 2.46. The van der Waals surface area contributed by atoms with Gasteiger partial charge in [0.15, 0.2) is 0 Å². The second-order valence-corrected chi connectivity index (χ2v) is 4.66. The molecule has 2 rings (SSSR count). The normalized spacial score (nSPS) is 11.5. The fourth-order valence-corrected chi connectivity index (χ4v) is 2.34. The number of imidazole rings is 1. The molecule has 0 radical (unpaired) electrons. The maximum absolute atomic E-state index is 5.79. The molecule has 0 saturated carbocycles. The first-order valence-corrected chi connectivity index (χ1v) is 5.80. The molecule has 0 aromatic carbocycles. The van der Waals surface area contributed by atoms with Crippen LogP contribution in [0.1, 0.15) is 31.2 Å². The lowest BCUT2D eigenvalue weighted by Crippen LogP contribution is -2.05. The molecule has 0 aliphatic rings. The number of aromatic nitrogens is 2. The third kappa shape index (κ3) is 1.68. The van der Waals surface area contributed by atoms with Crippen molar-refractivity contribution in [1.29, 1.82) is 0 Å². The van der Waals surface area contributed by atoms with Crippen LogP contribution in [0.2, 0.25) is 0 Å². The molecule has 2 aromatic rings. The van der Waals surface area contributed by atoms with Gasteiger partial charge in [0.25, 0.3) is 0 Å². The van der Waals surface area contributed by atoms with Gasteiger partial charge in [-0.15, -0.1) is 0 Å². The smallest absolute Gasteiger partial charge is 0.138 e. The third-order valence-corrected chi connectivity index (χ3v) is 3.08. The molecule has 0 fully saturated rings. The van der Waals surface area contributed by atoms with Crippen molar-refractivity contribution in [2.24, 2.45) is 5.73 Å². The summed E-state index contributed by atoms with van der Waals surface area (Å²) in [5, 5.41) is 0. The topological polar surface area (TPSA) is 43.3 Å². The molecule has 0 bridgehead atoms. The Hall–Kier alpha value is -0.870. The number of rotatable bonds is 2. The van der Waals surface area contributed by atoms with Gasteiger partial charge in [-0.25, -0.2) is 4.98 Å². The summed E-state index contributed by atoms with van der Waals surface area (Å²) in [6.45, 7) is 4.78. The Morgan fingerprint density at radius 2 is 2.20 bits per heavy atom. The highest BCUT2D eigenvalue weighted by Crippen LogP contribution is 2.23. The molecule has 0 aliphatic heterocycles. The maximum atomic E-state index is 5.79. The molecule has 0 atom stereocenters. The molecule has 0 saturated heterocycles. The van der Waals surface area contributed by atoms with Crippen molar-refractivity contribution in [2.45, 2.75) is 26.3 Å². The first kappa shape index (κ1) is 10.6. The molecule has 3 nitrogen and oxygen atoms in total. The van der Waals surface area contributed by atoms with Crippen molar-refractivity contribution in [2.75, 3.05) is 0 Å². The fourth-order valence-electron chi connectivity index (χ4n) is 1.79. The summed E-state index contributed by atoms with van der Waals surface area (Å²) in [6.07, 6.45) is 0. The van der Waals surface area contributed by atoms with Crippen molar-refractivity contribution in [1.82, 2.24) is 9.38 Å². The highest BCUT2D eigenvalue weighted by molar-refractivity contribution is 9.10. The number of fused-ring (bicyclic) bond motifs is 1. The molecular formula is C11H14BrN3. The summed E-state index contributed by atoms with van der Waals surface area (Å²) in [7, 11) is 0. The Morgan fingerprint density at radius 1 is 1.47 bits per heavy atom. The van der Waals surface area contributed by atoms with Gasteiger partial charge in [-0.05, 0) is 34.0 Å². The van der Waals surface area contributed by atoms with E-state index >= 15 is 0 Å². The number of halogens is 1. The minimum absolute atomic E-state index is 0.398. The highest BCUT2D eigenvalue weighted by atomic mass is 79.9. The van der Waals surface area contributed by atoms with Crippen LogP contribution in [-0.2, 0) is 6.54 Å². The Kier molecular flexibility index (Phi) is 2.80. The number of hydrogen-bond donors (Lipinski definition) is 1. The lowest BCUT2D eigenvalue weighted by atomic mass is 10.1. The first-order chi connectivity index (χ1) is 7.15. The minimum atomic E-state index is 0.398. The summed E-state index contributed by atoms with van der Waals surface area (Å²) in [5.41, 5.74) is 8.92. The van der Waals surface area contributed by atoms with Gasteiger partial charge in [0.05, 0.1) is 16.0 Å². The molecule has 0 unspecified atom stereocenters. The lowest BCUT2D eigenvalue weighted by molar-refractivity contribution is 0.798. The van der Waals surface area contributed by atoms with Crippen molar-refractivity contribution in [3.63, 3.8) is 0 Å². The van der Waals surface area contributed by atoms with Gasteiger partial charge >= 0.3 is 0 Å². The van der Waals surface area contributed by atoms with Crippen LogP contribution in [0.4, 0.5) is 0 Å². The number of nitrogens with two attached hydrogens (primary N) is 1. The second kappa shape index (κ2) is 3.94. The van der Waals surface area contributed by atoms with Crippen LogP contribution in [0.15, 0.2) is 22.8 Å². The minimum Gasteiger partial charge on any atom is -0.325 e. The van der Waals surface area contributed by atoms with E-state index in [0.29, 0.717) is 12.5 Å². The van der Waals surface area contributed by atoms with Gasteiger partial charge in [-0.2, -0.15) is 0 Å². The standard InChI is InChI=1S/C11H14BrN3/c1-7(2)11-8(6-13)15-9(12)4-3-5-10(15)14-11/h3-5,7H,6,13H2,1-2H3. The molecule has 4 heteroatoms. The molecule has 15 heavy (non-hydrogen) atoms. The van der Waals surface area contributed by atoms with Crippen LogP contribution < -0.4 is 5.73 Å². The zero-order valence-corrected chi connectivity index (χ0v) is 10.5. The van der Waals surface area contributed by atoms with Gasteiger partial charge in [0.1, 0.15) is 5.65 Å². The quantitative estimate of drug-likeness (QED) is 0.851. The number of pyridine rings is 1. The lowest BCUT2D eigenvalue weighted by Gasteiger charge is -2.05. The van der Waals surface area contributed by atoms with Crippen molar-refractivity contribution >= 4 is 21.6 Å². The summed E-state index contributed by atoms with van der Waals surface area (Å²) in [5.74, 6) is 0.398. The van der Waals surface area contributed by atoms with Crippen LogP contribution in [0.25, 0.3) is 5.65 Å². The largest absolute Gasteiger partial charge is 0.325 e. The van der Waals surface area contributed by atoms with E-state index in [9.17, 15) is 0 Å². The van der Waals surface area contributed by atoms with Crippen LogP contribution in [0.5, 0.6) is 0 Å². The summed E-state index contributed by atoms with van der Waals surface area (Å²) in [4.78, 5) is 4.60. The predicted molar refractivity (Wildman–Crippen MR) is 64.9 cm³/mol. The SMILES string of the molecule is CC(C)c1nc2cccc(Br)n2c1CN. The molecule has 0 aliphatic carbocycles. The van der Waals surface area contributed by atoms with Gasteiger partial charge < -0.3 is 5.73 Å². The van der Waals surface area contributed by atoms with E-state index in [1.165, 1.54) is 0 Å². The van der Waals surface area contributed by atoms with E-state index in [1.54, 1.807) is 0 Å². The van der Waals surface area contributed by atoms with E-state index in [2.05, 4.69) is 39.2 Å². The molecular weight excluding hydrogens is 254 g/mol. The van der Waals surface area contributed by atoms with Crippen molar-refractivity contribution in [3.05, 3.63) is 34.2 Å². The van der Waals surface area contributed by atoms with E-state index < -0.39 is 0 Å². The molecule has 0 amide bonds. The fraction of sp³-hybridized carbons (Fsp3) is 0.364. The number of hydrogen-bond acceptors (Lipinski definition) is 2. The van der Waals surface area contributed by atoms with Crippen LogP contribution in [0, 0.1) is 0 Å². The van der Waals surface area contributed by atoms with Gasteiger partial charge in [0, 0.05) is 6.54 Å². The Labute approximate surface area is 97.4 Å². The van der Waals surface area contributed by atoms with Crippen LogP contribution in [-0.4, -0.2) is 9.38 Å². The Bertz CT molecular complexity index is 488. The van der Waals surface area contributed by atoms with Gasteiger partial charge in [-0.1, -0.05) is 19.9 Å². The zero-order valence-electron chi connectivity index (χ0n) is 8.87. The van der Waals surface area contributed by atoms with Gasteiger partial charge in [-0.3, -0.25) is 4.40 Å². The number of nitrogens with zero attached hydrogens (tertiary/aromatic N) is 2. The zero-order chi connectivity index (χ0) is 11.0. The van der Waals surface area contributed by atoms with E-state index in [4.69, 9.17) is 5.73 Å². The van der Waals surface area contributed by atoms with Crippen LogP contribution in [0.3, 0.4) is 0 Å². The first-order valence-electron chi connectivity index (χ1n) is 5.01. The van der Waals surface area contributed by atoms with Crippen molar-refractivity contribution < 1.29 is 0 Å². The molecule has 80 valence electrons. The molecule has 2 aromatic heterocycles. The summed E-state index contributed by atoms with van der Waals surface area (Å²) in [6, 6.07) is 5.98. The average molecular weight is 268 g/mol. The molecule has 2 N–H and O–H groups in total. The van der Waals surface area contributed by atoms with E-state index in [1.807, 2.05) is 18.2 Å². The van der Waals surface area contributed by atoms with E-state index in [0.717, 1.165) is 21.6 Å². The highest BCUT2D eigenvalue weighted by Gasteiger charge is 2.14. The second-order valence-electron chi connectivity index (χ2n) is 3.84. The Balaban J connectivity index is 2.80. The Morgan fingerprint density at radius 3 is 2.80 bits per heavy atom. The monoisotopic (exact) mass is 267 g/mol. The predicted octanol–water partition coefficient (Wildman–Crippen LogP) is 2.68. The summed E-state index contributed by atoms with van der Waals surface area (Å²) < 4.78 is 3.06. The van der Waals surface area contributed by atoms with Crippen LogP contribution >= 0.6 is 15.9 Å².